The van der Waals surface area contributed by atoms with E-state index in [0.717, 1.165) is 10.5 Å². The highest BCUT2D eigenvalue weighted by atomic mass is 79.9. The Balaban J connectivity index is 1.91. The molecule has 3 rings (SSSR count). The Morgan fingerprint density at radius 2 is 1.78 bits per heavy atom. The Hall–Kier alpha value is -2.67. The van der Waals surface area contributed by atoms with Crippen LogP contribution in [0, 0.1) is 0 Å². The van der Waals surface area contributed by atoms with Gasteiger partial charge in [-0.25, -0.2) is 4.79 Å². The highest BCUT2D eigenvalue weighted by molar-refractivity contribution is 9.12. The van der Waals surface area contributed by atoms with Gasteiger partial charge in [0.2, 0.25) is 5.76 Å². The van der Waals surface area contributed by atoms with Gasteiger partial charge in [0.1, 0.15) is 11.3 Å². The summed E-state index contributed by atoms with van der Waals surface area (Å²) in [6.45, 7) is 0.129. The van der Waals surface area contributed by atoms with E-state index in [1.165, 1.54) is 12.1 Å². The fourth-order valence-corrected chi connectivity index (χ4v) is 2.84. The first-order valence-corrected chi connectivity index (χ1v) is 7.41. The van der Waals surface area contributed by atoms with Crippen LogP contribution in [0.25, 0.3) is 5.57 Å². The third kappa shape index (κ3) is 2.70. The molecule has 1 aromatic heterocycles. The standard InChI is InChI=1S/C16H10BrNO5/c17-13-12(10-6-7-11(23-10)16(21)22)14(19)18(15(13)20)8-9-4-2-1-3-5-9/h1-7H,8H2,(H,21,22). The number of carbonyl (C=O) groups is 3. The molecule has 0 bridgehead atoms. The molecule has 23 heavy (non-hydrogen) atoms. The minimum atomic E-state index is -1.24. The number of hydrogen-bond donors (Lipinski definition) is 1. The maximum Gasteiger partial charge on any atom is 0.371 e. The van der Waals surface area contributed by atoms with Crippen LogP contribution in [0.2, 0.25) is 0 Å². The van der Waals surface area contributed by atoms with Gasteiger partial charge in [-0.15, -0.1) is 0 Å². The summed E-state index contributed by atoms with van der Waals surface area (Å²) in [5, 5.41) is 8.89. The zero-order valence-electron chi connectivity index (χ0n) is 11.7. The average molecular weight is 376 g/mol. The van der Waals surface area contributed by atoms with Gasteiger partial charge in [-0.05, 0) is 33.6 Å². The molecule has 2 aromatic rings. The van der Waals surface area contributed by atoms with E-state index in [4.69, 9.17) is 9.52 Å². The van der Waals surface area contributed by atoms with Gasteiger partial charge in [0.15, 0.2) is 0 Å². The first kappa shape index (κ1) is 15.2. The van der Waals surface area contributed by atoms with Crippen molar-refractivity contribution in [3.63, 3.8) is 0 Å². The van der Waals surface area contributed by atoms with Gasteiger partial charge in [0.25, 0.3) is 11.8 Å². The zero-order valence-corrected chi connectivity index (χ0v) is 13.2. The van der Waals surface area contributed by atoms with Gasteiger partial charge in [0.05, 0.1) is 11.0 Å². The molecule has 0 saturated carbocycles. The summed E-state index contributed by atoms with van der Waals surface area (Å²) in [5.74, 6) is -2.51. The number of hydrogen-bond acceptors (Lipinski definition) is 4. The van der Waals surface area contributed by atoms with Crippen molar-refractivity contribution in [1.82, 2.24) is 4.90 Å². The van der Waals surface area contributed by atoms with Crippen molar-refractivity contribution in [3.05, 3.63) is 64.0 Å². The summed E-state index contributed by atoms with van der Waals surface area (Å²) in [5.41, 5.74) is 0.833. The number of benzene rings is 1. The predicted molar refractivity (Wildman–Crippen MR) is 83.5 cm³/mol. The van der Waals surface area contributed by atoms with Gasteiger partial charge in [-0.1, -0.05) is 30.3 Å². The molecular weight excluding hydrogens is 366 g/mol. The van der Waals surface area contributed by atoms with E-state index in [2.05, 4.69) is 15.9 Å². The van der Waals surface area contributed by atoms with Gasteiger partial charge < -0.3 is 9.52 Å². The second-order valence-corrected chi connectivity index (χ2v) is 5.63. The number of carbonyl (C=O) groups excluding carboxylic acids is 2. The number of halogens is 1. The van der Waals surface area contributed by atoms with E-state index in [9.17, 15) is 14.4 Å². The Morgan fingerprint density at radius 3 is 2.39 bits per heavy atom. The highest BCUT2D eigenvalue weighted by Crippen LogP contribution is 2.34. The van der Waals surface area contributed by atoms with Crippen LogP contribution >= 0.6 is 15.9 Å². The minimum absolute atomic E-state index is 0.0263. The molecule has 1 aliphatic rings. The molecule has 2 amide bonds. The van der Waals surface area contributed by atoms with Crippen molar-refractivity contribution in [2.75, 3.05) is 0 Å². The zero-order chi connectivity index (χ0) is 16.6. The number of furan rings is 1. The molecule has 1 aromatic carbocycles. The summed E-state index contributed by atoms with van der Waals surface area (Å²) in [4.78, 5) is 36.8. The van der Waals surface area contributed by atoms with E-state index < -0.39 is 17.8 Å². The Labute approximate surface area is 139 Å². The number of carboxylic acid groups (broad SMARTS) is 1. The number of nitrogens with zero attached hydrogens (tertiary/aromatic N) is 1. The Kier molecular flexibility index (Phi) is 3.87. The van der Waals surface area contributed by atoms with Gasteiger partial charge in [0, 0.05) is 0 Å². The average Bonchev–Trinajstić information content (AvgIpc) is 3.09. The SMILES string of the molecule is O=C(O)c1ccc(C2=C(Br)C(=O)N(Cc3ccccc3)C2=O)o1. The molecule has 0 unspecified atom stereocenters. The van der Waals surface area contributed by atoms with Crippen molar-refractivity contribution in [2.24, 2.45) is 0 Å². The second kappa shape index (κ2) is 5.85. The van der Waals surface area contributed by atoms with Crippen LogP contribution in [0.1, 0.15) is 21.9 Å². The lowest BCUT2D eigenvalue weighted by atomic mass is 10.2. The largest absolute Gasteiger partial charge is 0.475 e. The van der Waals surface area contributed by atoms with Gasteiger partial charge in [-0.2, -0.15) is 0 Å². The lowest BCUT2D eigenvalue weighted by Gasteiger charge is -2.14. The molecule has 6 nitrogen and oxygen atoms in total. The summed E-state index contributed by atoms with van der Waals surface area (Å²) < 4.78 is 5.19. The molecule has 1 aliphatic heterocycles. The van der Waals surface area contributed by atoms with Crippen LogP contribution in [0.3, 0.4) is 0 Å². The molecule has 1 N–H and O–H groups in total. The van der Waals surface area contributed by atoms with E-state index >= 15 is 0 Å². The van der Waals surface area contributed by atoms with Crippen LogP contribution in [0.4, 0.5) is 0 Å². The predicted octanol–water partition coefficient (Wildman–Crippen LogP) is 2.65. The number of amides is 2. The van der Waals surface area contributed by atoms with E-state index in [-0.39, 0.29) is 28.1 Å². The van der Waals surface area contributed by atoms with Crippen LogP contribution in [0.5, 0.6) is 0 Å². The summed E-state index contributed by atoms with van der Waals surface area (Å²) in [7, 11) is 0. The second-order valence-electron chi connectivity index (χ2n) is 4.84. The smallest absolute Gasteiger partial charge is 0.371 e. The normalized spacial score (nSPS) is 14.7. The maximum absolute atomic E-state index is 12.5. The molecule has 0 fully saturated rings. The fraction of sp³-hybridized carbons (Fsp3) is 0.0625. The number of imide groups is 1. The fourth-order valence-electron chi connectivity index (χ4n) is 2.26. The molecule has 7 heteroatoms. The Bertz CT molecular complexity index is 837. The summed E-state index contributed by atoms with van der Waals surface area (Å²) in [6, 6.07) is 11.7. The number of rotatable bonds is 4. The van der Waals surface area contributed by atoms with Crippen LogP contribution in [-0.4, -0.2) is 27.8 Å². The molecule has 0 radical (unpaired) electrons. The molecule has 116 valence electrons. The van der Waals surface area contributed by atoms with Crippen molar-refractivity contribution >= 4 is 39.3 Å². The molecule has 0 saturated heterocycles. The topological polar surface area (TPSA) is 87.8 Å². The highest BCUT2D eigenvalue weighted by Gasteiger charge is 2.39. The minimum Gasteiger partial charge on any atom is -0.475 e. The van der Waals surface area contributed by atoms with Crippen LogP contribution in [0.15, 0.2) is 51.4 Å². The Morgan fingerprint density at radius 1 is 1.09 bits per heavy atom. The van der Waals surface area contributed by atoms with Crippen LogP contribution < -0.4 is 0 Å². The van der Waals surface area contributed by atoms with E-state index in [1.54, 1.807) is 0 Å². The summed E-state index contributed by atoms with van der Waals surface area (Å²) in [6.07, 6.45) is 0. The van der Waals surface area contributed by atoms with E-state index in [1.807, 2.05) is 30.3 Å². The van der Waals surface area contributed by atoms with Crippen molar-refractivity contribution in [2.45, 2.75) is 6.54 Å². The molecule has 2 heterocycles. The first-order chi connectivity index (χ1) is 11.0. The molecule has 0 spiro atoms. The first-order valence-electron chi connectivity index (χ1n) is 6.62. The molecule has 0 atom stereocenters. The van der Waals surface area contributed by atoms with Crippen molar-refractivity contribution < 1.29 is 23.9 Å². The third-order valence-electron chi connectivity index (χ3n) is 3.36. The van der Waals surface area contributed by atoms with Gasteiger partial charge >= 0.3 is 5.97 Å². The lowest BCUT2D eigenvalue weighted by Crippen LogP contribution is -2.30. The van der Waals surface area contributed by atoms with Gasteiger partial charge in [-0.3, -0.25) is 14.5 Å². The third-order valence-corrected chi connectivity index (χ3v) is 4.09. The van der Waals surface area contributed by atoms with Crippen molar-refractivity contribution in [3.8, 4) is 0 Å². The number of carboxylic acids is 1. The van der Waals surface area contributed by atoms with Crippen LogP contribution in [-0.2, 0) is 16.1 Å². The monoisotopic (exact) mass is 375 g/mol. The maximum atomic E-state index is 12.5. The number of aromatic carboxylic acids is 1. The van der Waals surface area contributed by atoms with E-state index in [0.29, 0.717) is 0 Å². The summed E-state index contributed by atoms with van der Waals surface area (Å²) >= 11 is 3.11. The van der Waals surface area contributed by atoms with Crippen molar-refractivity contribution in [1.29, 1.82) is 0 Å². The quantitative estimate of drug-likeness (QED) is 0.829. The molecular formula is C16H10BrNO5. The lowest BCUT2D eigenvalue weighted by molar-refractivity contribution is -0.137. The molecule has 0 aliphatic carbocycles.